The zero-order valence-corrected chi connectivity index (χ0v) is 18.5. The molecule has 1 N–H and O–H groups in total. The molecule has 2 aromatic rings. The molecular weight excluding hydrogens is 467 g/mol. The van der Waals surface area contributed by atoms with Crippen LogP contribution in [0.3, 0.4) is 0 Å². The molecule has 0 aliphatic carbocycles. The number of carbonyl (C=O) groups is 2. The quantitative estimate of drug-likeness (QED) is 0.272. The molecule has 30 heavy (non-hydrogen) atoms. The standard InChI is InChI=1S/C21H15Cl3N2O3S/c1-2-7-26-20(28)15(19(27)25-21(26)30)8-13-9-16(23)18(17(24)10-13)29-11-12-3-5-14(22)6-4-12/h2-6,8-10H,1,7,11H2,(H,25,27,30)/b15-8+. The summed E-state index contributed by atoms with van der Waals surface area (Å²) in [5, 5.41) is 3.62. The number of nitrogens with zero attached hydrogens (tertiary/aromatic N) is 1. The minimum atomic E-state index is -0.597. The fraction of sp³-hybridized carbons (Fsp3) is 0.0952. The van der Waals surface area contributed by atoms with Gasteiger partial charge in [-0.2, -0.15) is 0 Å². The number of hydrogen-bond donors (Lipinski definition) is 1. The van der Waals surface area contributed by atoms with Crippen LogP contribution in [0.5, 0.6) is 5.75 Å². The highest BCUT2D eigenvalue weighted by atomic mass is 35.5. The van der Waals surface area contributed by atoms with Gasteiger partial charge in [-0.05, 0) is 53.7 Å². The second-order valence-electron chi connectivity index (χ2n) is 6.25. The highest BCUT2D eigenvalue weighted by molar-refractivity contribution is 7.80. The number of rotatable bonds is 6. The molecule has 1 aliphatic rings. The van der Waals surface area contributed by atoms with Gasteiger partial charge >= 0.3 is 0 Å². The van der Waals surface area contributed by atoms with E-state index < -0.39 is 11.8 Å². The van der Waals surface area contributed by atoms with Crippen LogP contribution in [-0.2, 0) is 16.2 Å². The van der Waals surface area contributed by atoms with Gasteiger partial charge in [-0.25, -0.2) is 0 Å². The molecule has 1 saturated heterocycles. The van der Waals surface area contributed by atoms with Gasteiger partial charge < -0.3 is 4.74 Å². The van der Waals surface area contributed by atoms with Crippen molar-refractivity contribution < 1.29 is 14.3 Å². The third-order valence-corrected chi connectivity index (χ3v) is 5.26. The van der Waals surface area contributed by atoms with Crippen molar-refractivity contribution in [3.8, 4) is 5.75 Å². The molecule has 154 valence electrons. The number of hydrogen-bond acceptors (Lipinski definition) is 4. The van der Waals surface area contributed by atoms with Crippen LogP contribution >= 0.6 is 47.0 Å². The highest BCUT2D eigenvalue weighted by Crippen LogP contribution is 2.35. The first-order chi connectivity index (χ1) is 14.3. The van der Waals surface area contributed by atoms with Crippen LogP contribution in [0.25, 0.3) is 6.08 Å². The zero-order chi connectivity index (χ0) is 21.8. The molecule has 0 saturated carbocycles. The summed E-state index contributed by atoms with van der Waals surface area (Å²) in [5.41, 5.74) is 1.27. The Bertz CT molecular complexity index is 1040. The van der Waals surface area contributed by atoms with Crippen molar-refractivity contribution in [3.05, 3.63) is 80.8 Å². The lowest BCUT2D eigenvalue weighted by Gasteiger charge is -2.27. The van der Waals surface area contributed by atoms with Crippen LogP contribution in [0.4, 0.5) is 0 Å². The second-order valence-corrected chi connectivity index (χ2v) is 7.89. The minimum Gasteiger partial charge on any atom is -0.486 e. The average Bonchev–Trinajstić information content (AvgIpc) is 2.69. The van der Waals surface area contributed by atoms with Crippen molar-refractivity contribution in [2.75, 3.05) is 6.54 Å². The Morgan fingerprint density at radius 3 is 2.33 bits per heavy atom. The summed E-state index contributed by atoms with van der Waals surface area (Å²) < 4.78 is 5.73. The van der Waals surface area contributed by atoms with E-state index >= 15 is 0 Å². The number of benzene rings is 2. The smallest absolute Gasteiger partial charge is 0.265 e. The third kappa shape index (κ3) is 5.02. The number of nitrogens with one attached hydrogen (secondary N) is 1. The van der Waals surface area contributed by atoms with Crippen LogP contribution < -0.4 is 10.1 Å². The van der Waals surface area contributed by atoms with Crippen LogP contribution in [0.2, 0.25) is 15.1 Å². The Balaban J connectivity index is 1.84. The average molecular weight is 482 g/mol. The van der Waals surface area contributed by atoms with Gasteiger partial charge in [0.15, 0.2) is 10.9 Å². The zero-order valence-electron chi connectivity index (χ0n) is 15.5. The van der Waals surface area contributed by atoms with E-state index in [0.717, 1.165) is 5.56 Å². The summed E-state index contributed by atoms with van der Waals surface area (Å²) in [7, 11) is 0. The summed E-state index contributed by atoms with van der Waals surface area (Å²) in [6, 6.07) is 10.3. The number of ether oxygens (including phenoxy) is 1. The fourth-order valence-corrected chi connectivity index (χ4v) is 3.68. The molecule has 0 unspecified atom stereocenters. The van der Waals surface area contributed by atoms with Crippen molar-refractivity contribution >= 4 is 70.0 Å². The van der Waals surface area contributed by atoms with Crippen LogP contribution in [0.15, 0.2) is 54.6 Å². The summed E-state index contributed by atoms with van der Waals surface area (Å²) in [6.07, 6.45) is 2.91. The monoisotopic (exact) mass is 480 g/mol. The number of amides is 2. The van der Waals surface area contributed by atoms with Gasteiger partial charge in [0, 0.05) is 11.6 Å². The molecule has 0 spiro atoms. The molecule has 1 aliphatic heterocycles. The van der Waals surface area contributed by atoms with Crippen molar-refractivity contribution in [1.82, 2.24) is 10.2 Å². The van der Waals surface area contributed by atoms with Gasteiger partial charge in [-0.3, -0.25) is 19.8 Å². The molecule has 0 radical (unpaired) electrons. The summed E-state index contributed by atoms with van der Waals surface area (Å²) in [4.78, 5) is 26.1. The van der Waals surface area contributed by atoms with Crippen molar-refractivity contribution in [2.45, 2.75) is 6.61 Å². The number of halogens is 3. The van der Waals surface area contributed by atoms with E-state index in [1.165, 1.54) is 17.1 Å². The molecule has 2 amide bonds. The normalized spacial score (nSPS) is 15.4. The van der Waals surface area contributed by atoms with Crippen molar-refractivity contribution in [3.63, 3.8) is 0 Å². The highest BCUT2D eigenvalue weighted by Gasteiger charge is 2.32. The lowest BCUT2D eigenvalue weighted by atomic mass is 10.1. The molecule has 3 rings (SSSR count). The maximum absolute atomic E-state index is 12.6. The Morgan fingerprint density at radius 2 is 1.73 bits per heavy atom. The van der Waals surface area contributed by atoms with E-state index in [-0.39, 0.29) is 33.9 Å². The maximum atomic E-state index is 12.6. The third-order valence-electron chi connectivity index (χ3n) is 4.13. The molecule has 1 heterocycles. The fourth-order valence-electron chi connectivity index (χ4n) is 2.69. The van der Waals surface area contributed by atoms with Gasteiger partial charge in [0.1, 0.15) is 12.2 Å². The van der Waals surface area contributed by atoms with Gasteiger partial charge in [0.25, 0.3) is 11.8 Å². The largest absolute Gasteiger partial charge is 0.486 e. The number of thiocarbonyl (C=S) groups is 1. The first-order valence-corrected chi connectivity index (χ1v) is 10.2. The molecule has 0 bridgehead atoms. The molecule has 2 aromatic carbocycles. The maximum Gasteiger partial charge on any atom is 0.265 e. The predicted octanol–water partition coefficient (Wildman–Crippen LogP) is 5.04. The van der Waals surface area contributed by atoms with E-state index in [9.17, 15) is 9.59 Å². The van der Waals surface area contributed by atoms with E-state index in [2.05, 4.69) is 11.9 Å². The Kier molecular flexibility index (Phi) is 7.15. The van der Waals surface area contributed by atoms with Crippen molar-refractivity contribution in [2.24, 2.45) is 0 Å². The van der Waals surface area contributed by atoms with Gasteiger partial charge in [-0.15, -0.1) is 6.58 Å². The van der Waals surface area contributed by atoms with E-state index in [1.54, 1.807) is 24.3 Å². The molecule has 5 nitrogen and oxygen atoms in total. The summed E-state index contributed by atoms with van der Waals surface area (Å²) in [5.74, 6) is -0.830. The van der Waals surface area contributed by atoms with Gasteiger partial charge in [0.2, 0.25) is 0 Å². The predicted molar refractivity (Wildman–Crippen MR) is 123 cm³/mol. The van der Waals surface area contributed by atoms with E-state index in [1.807, 2.05) is 12.1 Å². The summed E-state index contributed by atoms with van der Waals surface area (Å²) in [6.45, 7) is 4.00. The van der Waals surface area contributed by atoms with E-state index in [4.69, 9.17) is 51.8 Å². The minimum absolute atomic E-state index is 0.0315. The lowest BCUT2D eigenvalue weighted by molar-refractivity contribution is -0.128. The Hall–Kier alpha value is -2.38. The number of carbonyl (C=O) groups excluding carboxylic acids is 2. The molecule has 0 atom stereocenters. The van der Waals surface area contributed by atoms with Gasteiger partial charge in [-0.1, -0.05) is 53.0 Å². The first-order valence-electron chi connectivity index (χ1n) is 8.66. The lowest BCUT2D eigenvalue weighted by Crippen LogP contribution is -2.53. The van der Waals surface area contributed by atoms with Crippen LogP contribution in [0, 0.1) is 0 Å². The SMILES string of the molecule is C=CCN1C(=O)/C(=C/c2cc(Cl)c(OCc3ccc(Cl)cc3)c(Cl)c2)C(=O)NC1=S. The molecule has 9 heteroatoms. The Morgan fingerprint density at radius 1 is 1.10 bits per heavy atom. The topological polar surface area (TPSA) is 58.6 Å². The van der Waals surface area contributed by atoms with Crippen LogP contribution in [-0.4, -0.2) is 28.4 Å². The van der Waals surface area contributed by atoms with Gasteiger partial charge in [0.05, 0.1) is 10.0 Å². The molecule has 0 aromatic heterocycles. The first kappa shape index (κ1) is 22.3. The Labute approximate surface area is 193 Å². The van der Waals surface area contributed by atoms with Crippen molar-refractivity contribution in [1.29, 1.82) is 0 Å². The van der Waals surface area contributed by atoms with E-state index in [0.29, 0.717) is 16.3 Å². The molecular formula is C21H15Cl3N2O3S. The second kappa shape index (κ2) is 9.62. The summed E-state index contributed by atoms with van der Waals surface area (Å²) >= 11 is 23.6. The molecule has 1 fully saturated rings. The van der Waals surface area contributed by atoms with Crippen LogP contribution in [0.1, 0.15) is 11.1 Å².